The number of nitrogens with zero attached hydrogens (tertiary/aromatic N) is 2. The number of para-hydroxylation sites is 1. The normalized spacial score (nSPS) is 13.5. The van der Waals surface area contributed by atoms with Crippen LogP contribution in [0.3, 0.4) is 0 Å². The predicted octanol–water partition coefficient (Wildman–Crippen LogP) is 4.10. The number of benzene rings is 3. The zero-order valence-corrected chi connectivity index (χ0v) is 19.9. The summed E-state index contributed by atoms with van der Waals surface area (Å²) in [6.45, 7) is 3.25. The molecule has 1 amide bonds. The topological polar surface area (TPSA) is 73.1 Å². The lowest BCUT2D eigenvalue weighted by Gasteiger charge is -2.25. The lowest BCUT2D eigenvalue weighted by atomic mass is 9.85. The number of carbonyl (C=O) groups excluding carboxylic acids is 1. The van der Waals surface area contributed by atoms with Crippen LogP contribution in [0.2, 0.25) is 0 Å². The number of fused-ring (bicyclic) bond motifs is 1. The highest BCUT2D eigenvalue weighted by Gasteiger charge is 2.18. The third-order valence-electron chi connectivity index (χ3n) is 6.93. The van der Waals surface area contributed by atoms with E-state index in [1.54, 1.807) is 22.8 Å². The zero-order chi connectivity index (χ0) is 24.4. The number of aryl methyl sites for hydroxylation is 1. The Hall–Kier alpha value is -3.93. The van der Waals surface area contributed by atoms with E-state index in [1.807, 2.05) is 61.5 Å². The summed E-state index contributed by atoms with van der Waals surface area (Å²) in [6, 6.07) is 22.4. The molecule has 0 spiro atoms. The molecule has 35 heavy (non-hydrogen) atoms. The zero-order valence-electron chi connectivity index (χ0n) is 19.9. The van der Waals surface area contributed by atoms with Crippen LogP contribution in [0.15, 0.2) is 82.4 Å². The van der Waals surface area contributed by atoms with Gasteiger partial charge < -0.3 is 5.32 Å². The molecule has 0 unspecified atom stereocenters. The van der Waals surface area contributed by atoms with Crippen LogP contribution >= 0.6 is 0 Å². The van der Waals surface area contributed by atoms with Gasteiger partial charge in [-0.25, -0.2) is 4.79 Å². The Kier molecular flexibility index (Phi) is 6.36. The van der Waals surface area contributed by atoms with Gasteiger partial charge in [0.05, 0.1) is 24.0 Å². The number of nitrogens with one attached hydrogen (secondary N) is 1. The summed E-state index contributed by atoms with van der Waals surface area (Å²) in [4.78, 5) is 39.2. The molecule has 6 nitrogen and oxygen atoms in total. The fourth-order valence-corrected chi connectivity index (χ4v) is 4.52. The average Bonchev–Trinajstić information content (AvgIpc) is 2.85. The number of hydrogen-bond acceptors (Lipinski definition) is 3. The van der Waals surface area contributed by atoms with E-state index in [2.05, 4.69) is 5.32 Å². The largest absolute Gasteiger partial charge is 0.352 e. The van der Waals surface area contributed by atoms with Gasteiger partial charge in [0.2, 0.25) is 0 Å². The summed E-state index contributed by atoms with van der Waals surface area (Å²) in [6.07, 6.45) is 3.61. The van der Waals surface area contributed by atoms with Gasteiger partial charge in [0, 0.05) is 12.1 Å². The molecule has 1 aromatic heterocycles. The molecule has 0 bridgehead atoms. The van der Waals surface area contributed by atoms with Crippen LogP contribution in [0.1, 0.15) is 46.3 Å². The molecule has 3 aromatic carbocycles. The Morgan fingerprint density at radius 2 is 1.49 bits per heavy atom. The minimum absolute atomic E-state index is 0.0909. The Labute approximate surface area is 203 Å². The molecule has 1 N–H and O–H groups in total. The van der Waals surface area contributed by atoms with Gasteiger partial charge in [0.1, 0.15) is 0 Å². The summed E-state index contributed by atoms with van der Waals surface area (Å²) >= 11 is 0. The van der Waals surface area contributed by atoms with E-state index in [0.717, 1.165) is 16.7 Å². The second-order valence-electron chi connectivity index (χ2n) is 9.47. The average molecular weight is 468 g/mol. The Morgan fingerprint density at radius 1 is 0.857 bits per heavy atom. The van der Waals surface area contributed by atoms with E-state index in [0.29, 0.717) is 35.5 Å². The molecule has 1 fully saturated rings. The van der Waals surface area contributed by atoms with E-state index in [9.17, 15) is 14.4 Å². The van der Waals surface area contributed by atoms with Crippen molar-refractivity contribution >= 4 is 16.8 Å². The quantitative estimate of drug-likeness (QED) is 0.445. The van der Waals surface area contributed by atoms with Crippen molar-refractivity contribution < 1.29 is 4.79 Å². The van der Waals surface area contributed by atoms with Crippen molar-refractivity contribution in [2.75, 3.05) is 6.54 Å². The third kappa shape index (κ3) is 4.83. The minimum Gasteiger partial charge on any atom is -0.352 e. The summed E-state index contributed by atoms with van der Waals surface area (Å²) in [5, 5.41) is 3.50. The highest BCUT2D eigenvalue weighted by Crippen LogP contribution is 2.25. The van der Waals surface area contributed by atoms with Gasteiger partial charge in [-0.15, -0.1) is 0 Å². The summed E-state index contributed by atoms with van der Waals surface area (Å²) in [5.74, 6) is 0.506. The Bertz CT molecular complexity index is 1480. The van der Waals surface area contributed by atoms with Gasteiger partial charge in [-0.2, -0.15) is 0 Å². The second kappa shape index (κ2) is 9.74. The van der Waals surface area contributed by atoms with Gasteiger partial charge in [-0.1, -0.05) is 60.5 Å². The van der Waals surface area contributed by atoms with Crippen LogP contribution in [-0.4, -0.2) is 21.6 Å². The maximum atomic E-state index is 13.5. The monoisotopic (exact) mass is 467 g/mol. The number of hydrogen-bond donors (Lipinski definition) is 1. The summed E-state index contributed by atoms with van der Waals surface area (Å²) < 4.78 is 2.94. The van der Waals surface area contributed by atoms with Crippen LogP contribution in [0.25, 0.3) is 10.9 Å². The van der Waals surface area contributed by atoms with Crippen molar-refractivity contribution in [3.8, 4) is 0 Å². The molecular formula is C29H29N3O3. The first-order chi connectivity index (χ1) is 17.0. The lowest BCUT2D eigenvalue weighted by molar-refractivity contribution is 0.0939. The van der Waals surface area contributed by atoms with Crippen LogP contribution in [0.5, 0.6) is 0 Å². The van der Waals surface area contributed by atoms with Gasteiger partial charge in [-0.3, -0.25) is 18.7 Å². The summed E-state index contributed by atoms with van der Waals surface area (Å²) in [7, 11) is 0. The fraction of sp³-hybridized carbons (Fsp3) is 0.276. The molecule has 1 aliphatic rings. The van der Waals surface area contributed by atoms with Gasteiger partial charge in [0.25, 0.3) is 11.5 Å². The van der Waals surface area contributed by atoms with Crippen molar-refractivity contribution in [3.05, 3.63) is 116 Å². The van der Waals surface area contributed by atoms with Crippen molar-refractivity contribution in [1.29, 1.82) is 0 Å². The predicted molar refractivity (Wildman–Crippen MR) is 138 cm³/mol. The third-order valence-corrected chi connectivity index (χ3v) is 6.93. The lowest BCUT2D eigenvalue weighted by Crippen LogP contribution is -2.40. The van der Waals surface area contributed by atoms with Crippen LogP contribution in [0, 0.1) is 12.8 Å². The smallest absolute Gasteiger partial charge is 0.332 e. The molecule has 4 aromatic rings. The molecule has 5 rings (SSSR count). The maximum Gasteiger partial charge on any atom is 0.332 e. The number of amides is 1. The van der Waals surface area contributed by atoms with Crippen molar-refractivity contribution in [3.63, 3.8) is 0 Å². The first-order valence-electron chi connectivity index (χ1n) is 12.1. The molecule has 0 saturated heterocycles. The summed E-state index contributed by atoms with van der Waals surface area (Å²) in [5.41, 5.74) is 3.47. The van der Waals surface area contributed by atoms with E-state index in [4.69, 9.17) is 0 Å². The SMILES string of the molecule is Cc1ccc(Cn2c(=O)n(Cc3ccc(C(=O)NCC4CCC4)cc3)c(=O)c3ccccc32)cc1. The molecule has 1 aliphatic carbocycles. The van der Waals surface area contributed by atoms with E-state index in [-0.39, 0.29) is 23.7 Å². The van der Waals surface area contributed by atoms with E-state index >= 15 is 0 Å². The molecule has 6 heteroatoms. The highest BCUT2D eigenvalue weighted by molar-refractivity contribution is 5.94. The first kappa shape index (κ1) is 22.8. The van der Waals surface area contributed by atoms with E-state index in [1.165, 1.54) is 23.8 Å². The first-order valence-corrected chi connectivity index (χ1v) is 12.1. The molecule has 0 atom stereocenters. The maximum absolute atomic E-state index is 13.5. The number of aromatic nitrogens is 2. The Balaban J connectivity index is 1.44. The second-order valence-corrected chi connectivity index (χ2v) is 9.47. The molecule has 178 valence electrons. The standard InChI is InChI=1S/C29H29N3O3/c1-20-9-11-22(12-10-20)18-31-26-8-3-2-7-25(26)28(34)32(29(31)35)19-23-13-15-24(16-14-23)27(33)30-17-21-5-4-6-21/h2-3,7-16,21H,4-6,17-19H2,1H3,(H,30,33). The Morgan fingerprint density at radius 3 is 2.14 bits per heavy atom. The fourth-order valence-electron chi connectivity index (χ4n) is 4.52. The molecule has 0 aliphatic heterocycles. The molecule has 1 saturated carbocycles. The van der Waals surface area contributed by atoms with Crippen molar-refractivity contribution in [2.45, 2.75) is 39.3 Å². The van der Waals surface area contributed by atoms with Crippen LogP contribution in [-0.2, 0) is 13.1 Å². The van der Waals surface area contributed by atoms with E-state index < -0.39 is 0 Å². The van der Waals surface area contributed by atoms with Gasteiger partial charge in [0.15, 0.2) is 0 Å². The molecular weight excluding hydrogens is 438 g/mol. The highest BCUT2D eigenvalue weighted by atomic mass is 16.2. The van der Waals surface area contributed by atoms with Gasteiger partial charge in [-0.05, 0) is 61.1 Å². The minimum atomic E-state index is -0.350. The van der Waals surface area contributed by atoms with Gasteiger partial charge >= 0.3 is 5.69 Å². The van der Waals surface area contributed by atoms with Crippen molar-refractivity contribution in [2.24, 2.45) is 5.92 Å². The number of carbonyl (C=O) groups is 1. The number of rotatable bonds is 7. The molecule has 0 radical (unpaired) electrons. The van der Waals surface area contributed by atoms with Crippen LogP contribution in [0.4, 0.5) is 0 Å². The molecule has 1 heterocycles. The van der Waals surface area contributed by atoms with Crippen molar-refractivity contribution in [1.82, 2.24) is 14.5 Å². The van der Waals surface area contributed by atoms with Crippen LogP contribution < -0.4 is 16.6 Å².